The number of anilines is 1. The lowest BCUT2D eigenvalue weighted by Crippen LogP contribution is -2.40. The molecule has 0 atom stereocenters. The van der Waals surface area contributed by atoms with E-state index < -0.39 is 0 Å². The van der Waals surface area contributed by atoms with Crippen LogP contribution in [0, 0.1) is 5.92 Å². The number of rotatable bonds is 3. The number of amides is 2. The van der Waals surface area contributed by atoms with E-state index in [2.05, 4.69) is 16.0 Å². The van der Waals surface area contributed by atoms with Gasteiger partial charge in [-0.25, -0.2) is 0 Å². The van der Waals surface area contributed by atoms with Crippen LogP contribution < -0.4 is 16.0 Å². The van der Waals surface area contributed by atoms with Crippen molar-refractivity contribution >= 4 is 34.8 Å². The molecule has 0 radical (unpaired) electrons. The van der Waals surface area contributed by atoms with Gasteiger partial charge in [0, 0.05) is 22.7 Å². The van der Waals surface area contributed by atoms with Gasteiger partial charge in [0.25, 0.3) is 5.91 Å². The second-order valence-corrected chi connectivity index (χ2v) is 7.97. The Kier molecular flexibility index (Phi) is 6.53. The van der Waals surface area contributed by atoms with Crippen molar-refractivity contribution in [1.29, 1.82) is 0 Å². The standard InChI is InChI=1S/C19H27N3O2S/c1-19(2,3)22-17(24)14-9-11-15(12-10-14)20-18(25)21-16(23)13-7-5-4-6-8-13/h9-13H,4-8H2,1-3H3,(H,22,24)(H2,20,21,23,25). The van der Waals surface area contributed by atoms with Crippen molar-refractivity contribution in [1.82, 2.24) is 10.6 Å². The molecule has 0 unspecified atom stereocenters. The number of hydrogen-bond donors (Lipinski definition) is 3. The van der Waals surface area contributed by atoms with Crippen LogP contribution in [0.3, 0.4) is 0 Å². The van der Waals surface area contributed by atoms with Crippen LogP contribution in [-0.2, 0) is 4.79 Å². The summed E-state index contributed by atoms with van der Waals surface area (Å²) in [5.41, 5.74) is 1.04. The van der Waals surface area contributed by atoms with Crippen molar-refractivity contribution in [2.45, 2.75) is 58.4 Å². The molecule has 1 aliphatic carbocycles. The van der Waals surface area contributed by atoms with Gasteiger partial charge in [0.15, 0.2) is 5.11 Å². The molecule has 2 rings (SSSR count). The molecule has 25 heavy (non-hydrogen) atoms. The fourth-order valence-corrected chi connectivity index (χ4v) is 3.08. The van der Waals surface area contributed by atoms with Gasteiger partial charge in [-0.05, 0) is 70.1 Å². The van der Waals surface area contributed by atoms with Crippen molar-refractivity contribution < 1.29 is 9.59 Å². The number of thiocarbonyl (C=S) groups is 1. The second-order valence-electron chi connectivity index (χ2n) is 7.56. The molecule has 0 bridgehead atoms. The molecular formula is C19H27N3O2S. The van der Waals surface area contributed by atoms with E-state index >= 15 is 0 Å². The smallest absolute Gasteiger partial charge is 0.251 e. The Morgan fingerprint density at radius 2 is 1.64 bits per heavy atom. The van der Waals surface area contributed by atoms with Crippen molar-refractivity contribution in [2.75, 3.05) is 5.32 Å². The minimum absolute atomic E-state index is 0.00150. The summed E-state index contributed by atoms with van der Waals surface area (Å²) in [5, 5.41) is 8.97. The zero-order valence-electron chi connectivity index (χ0n) is 15.1. The molecule has 3 N–H and O–H groups in total. The van der Waals surface area contributed by atoms with Crippen LogP contribution in [0.4, 0.5) is 5.69 Å². The van der Waals surface area contributed by atoms with Crippen LogP contribution in [-0.4, -0.2) is 22.5 Å². The predicted molar refractivity (Wildman–Crippen MR) is 105 cm³/mol. The first-order chi connectivity index (χ1) is 11.7. The van der Waals surface area contributed by atoms with E-state index in [0.29, 0.717) is 10.7 Å². The fraction of sp³-hybridized carbons (Fsp3) is 0.526. The molecule has 1 fully saturated rings. The van der Waals surface area contributed by atoms with Gasteiger partial charge in [-0.2, -0.15) is 0 Å². The lowest BCUT2D eigenvalue weighted by atomic mass is 9.89. The van der Waals surface area contributed by atoms with Gasteiger partial charge in [0.1, 0.15) is 0 Å². The van der Waals surface area contributed by atoms with Gasteiger partial charge in [-0.15, -0.1) is 0 Å². The average Bonchev–Trinajstić information content (AvgIpc) is 2.54. The molecule has 1 aliphatic rings. The molecule has 0 spiro atoms. The third-order valence-corrected chi connectivity index (χ3v) is 4.31. The Balaban J connectivity index is 1.86. The zero-order chi connectivity index (χ0) is 18.4. The molecule has 0 saturated heterocycles. The highest BCUT2D eigenvalue weighted by atomic mass is 32.1. The molecule has 0 heterocycles. The zero-order valence-corrected chi connectivity index (χ0v) is 16.0. The SMILES string of the molecule is CC(C)(C)NC(=O)c1ccc(NC(=S)NC(=O)C2CCCCC2)cc1. The van der Waals surface area contributed by atoms with Crippen molar-refractivity contribution in [3.63, 3.8) is 0 Å². The van der Waals surface area contributed by atoms with E-state index in [1.807, 2.05) is 20.8 Å². The summed E-state index contributed by atoms with van der Waals surface area (Å²) < 4.78 is 0. The number of carbonyl (C=O) groups is 2. The van der Waals surface area contributed by atoms with Gasteiger partial charge in [-0.1, -0.05) is 19.3 Å². The summed E-state index contributed by atoms with van der Waals surface area (Å²) in [6, 6.07) is 7.01. The molecule has 6 heteroatoms. The molecule has 2 amide bonds. The molecule has 1 aromatic rings. The molecule has 5 nitrogen and oxygen atoms in total. The Morgan fingerprint density at radius 3 is 2.20 bits per heavy atom. The van der Waals surface area contributed by atoms with Gasteiger partial charge in [0.05, 0.1) is 0 Å². The van der Waals surface area contributed by atoms with Gasteiger partial charge in [0.2, 0.25) is 5.91 Å². The quantitative estimate of drug-likeness (QED) is 0.719. The summed E-state index contributed by atoms with van der Waals surface area (Å²) in [4.78, 5) is 24.3. The summed E-state index contributed by atoms with van der Waals surface area (Å²) in [7, 11) is 0. The van der Waals surface area contributed by atoms with Crippen molar-refractivity contribution in [3.05, 3.63) is 29.8 Å². The summed E-state index contributed by atoms with van der Waals surface area (Å²) in [5.74, 6) is -0.0532. The van der Waals surface area contributed by atoms with Gasteiger partial charge >= 0.3 is 0 Å². The maximum absolute atomic E-state index is 12.2. The van der Waals surface area contributed by atoms with Crippen LogP contribution >= 0.6 is 12.2 Å². The normalized spacial score (nSPS) is 15.3. The maximum atomic E-state index is 12.2. The third kappa shape index (κ3) is 6.46. The minimum Gasteiger partial charge on any atom is -0.347 e. The number of benzene rings is 1. The first kappa shape index (κ1) is 19.4. The van der Waals surface area contributed by atoms with E-state index in [4.69, 9.17) is 12.2 Å². The van der Waals surface area contributed by atoms with Crippen LogP contribution in [0.2, 0.25) is 0 Å². The molecule has 1 aromatic carbocycles. The Morgan fingerprint density at radius 1 is 1.04 bits per heavy atom. The molecule has 1 saturated carbocycles. The monoisotopic (exact) mass is 361 g/mol. The van der Waals surface area contributed by atoms with Crippen LogP contribution in [0.1, 0.15) is 63.2 Å². The molecule has 0 aliphatic heterocycles. The molecule has 136 valence electrons. The lowest BCUT2D eigenvalue weighted by molar-refractivity contribution is -0.124. The highest BCUT2D eigenvalue weighted by Gasteiger charge is 2.21. The Hall–Kier alpha value is -1.95. The lowest BCUT2D eigenvalue weighted by Gasteiger charge is -2.21. The van der Waals surface area contributed by atoms with E-state index in [1.165, 1.54) is 6.42 Å². The van der Waals surface area contributed by atoms with Crippen molar-refractivity contribution in [3.8, 4) is 0 Å². The van der Waals surface area contributed by atoms with E-state index in [0.717, 1.165) is 31.4 Å². The first-order valence-corrected chi connectivity index (χ1v) is 9.20. The van der Waals surface area contributed by atoms with Crippen molar-refractivity contribution in [2.24, 2.45) is 5.92 Å². The highest BCUT2D eigenvalue weighted by Crippen LogP contribution is 2.23. The summed E-state index contributed by atoms with van der Waals surface area (Å²) in [6.07, 6.45) is 5.30. The van der Waals surface area contributed by atoms with E-state index in [-0.39, 0.29) is 23.3 Å². The maximum Gasteiger partial charge on any atom is 0.251 e. The summed E-state index contributed by atoms with van der Waals surface area (Å²) in [6.45, 7) is 5.82. The number of nitrogens with one attached hydrogen (secondary N) is 3. The average molecular weight is 362 g/mol. The predicted octanol–water partition coefficient (Wildman–Crippen LogP) is 3.61. The fourth-order valence-electron chi connectivity index (χ4n) is 2.86. The summed E-state index contributed by atoms with van der Waals surface area (Å²) >= 11 is 5.22. The van der Waals surface area contributed by atoms with Crippen LogP contribution in [0.25, 0.3) is 0 Å². The van der Waals surface area contributed by atoms with E-state index in [1.54, 1.807) is 24.3 Å². The third-order valence-electron chi connectivity index (χ3n) is 4.11. The topological polar surface area (TPSA) is 70.2 Å². The van der Waals surface area contributed by atoms with Crippen LogP contribution in [0.15, 0.2) is 24.3 Å². The largest absolute Gasteiger partial charge is 0.347 e. The highest BCUT2D eigenvalue weighted by molar-refractivity contribution is 7.80. The first-order valence-electron chi connectivity index (χ1n) is 8.79. The molecule has 0 aromatic heterocycles. The Labute approximate surface area is 155 Å². The van der Waals surface area contributed by atoms with E-state index in [9.17, 15) is 9.59 Å². The Bertz CT molecular complexity index is 629. The number of hydrogen-bond acceptors (Lipinski definition) is 3. The van der Waals surface area contributed by atoms with Gasteiger partial charge in [-0.3, -0.25) is 9.59 Å². The van der Waals surface area contributed by atoms with Gasteiger partial charge < -0.3 is 16.0 Å². The van der Waals surface area contributed by atoms with Crippen LogP contribution in [0.5, 0.6) is 0 Å². The molecular weight excluding hydrogens is 334 g/mol. The minimum atomic E-state index is -0.279. The second kappa shape index (κ2) is 8.43. The number of carbonyl (C=O) groups excluding carboxylic acids is 2.